The molecule has 1 aliphatic rings. The van der Waals surface area contributed by atoms with Crippen LogP contribution >= 0.6 is 24.0 Å². The van der Waals surface area contributed by atoms with E-state index in [2.05, 4.69) is 44.8 Å². The molecule has 2 N–H and O–H groups in total. The summed E-state index contributed by atoms with van der Waals surface area (Å²) < 4.78 is 10.4. The fourth-order valence-corrected chi connectivity index (χ4v) is 3.25. The summed E-state index contributed by atoms with van der Waals surface area (Å²) in [6.45, 7) is 4.13. The first-order valence-electron chi connectivity index (χ1n) is 9.05. The molecule has 28 heavy (non-hydrogen) atoms. The van der Waals surface area contributed by atoms with Gasteiger partial charge >= 0.3 is 5.97 Å². The highest BCUT2D eigenvalue weighted by atomic mass is 127. The van der Waals surface area contributed by atoms with Crippen LogP contribution in [0.4, 0.5) is 5.69 Å². The Kier molecular flexibility index (Phi) is 8.16. The number of nitrogens with one attached hydrogen (secondary N) is 2. The highest BCUT2D eigenvalue weighted by molar-refractivity contribution is 14.0. The Balaban J connectivity index is 0.00000280. The number of furan rings is 1. The van der Waals surface area contributed by atoms with Crippen molar-refractivity contribution in [2.24, 2.45) is 4.99 Å². The number of nitrogens with zero attached hydrogens (tertiary/aromatic N) is 2. The number of carbonyl (C=O) groups excluding carboxylic acids is 1. The number of methoxy groups -OCH3 is 1. The maximum atomic E-state index is 11.7. The minimum Gasteiger partial charge on any atom is -0.465 e. The number of anilines is 1. The third-order valence-corrected chi connectivity index (χ3v) is 4.68. The fourth-order valence-electron chi connectivity index (χ4n) is 3.25. The van der Waals surface area contributed by atoms with Crippen LogP contribution in [-0.4, -0.2) is 45.2 Å². The van der Waals surface area contributed by atoms with Crippen LogP contribution in [-0.2, 0) is 11.3 Å². The molecular formula is C20H27IN4O3. The third-order valence-electron chi connectivity index (χ3n) is 4.68. The highest BCUT2D eigenvalue weighted by Crippen LogP contribution is 2.19. The van der Waals surface area contributed by atoms with Crippen molar-refractivity contribution in [2.75, 3.05) is 32.1 Å². The van der Waals surface area contributed by atoms with E-state index in [4.69, 9.17) is 9.15 Å². The summed E-state index contributed by atoms with van der Waals surface area (Å²) in [6, 6.07) is 12.4. The molecule has 0 spiro atoms. The van der Waals surface area contributed by atoms with Gasteiger partial charge in [0.2, 0.25) is 0 Å². The maximum absolute atomic E-state index is 11.7. The van der Waals surface area contributed by atoms with Gasteiger partial charge in [-0.3, -0.25) is 4.99 Å². The summed E-state index contributed by atoms with van der Waals surface area (Å²) >= 11 is 0. The van der Waals surface area contributed by atoms with Gasteiger partial charge in [0, 0.05) is 31.9 Å². The van der Waals surface area contributed by atoms with Gasteiger partial charge in [0.25, 0.3) is 0 Å². The standard InChI is InChI=1S/C20H26N4O3.HI/c1-14-18(19(25)26-3)11-17(27-14)12-22-20(21-2)23-15-9-10-24(13-15)16-7-5-4-6-8-16;/h4-8,11,15H,9-10,12-13H2,1-3H3,(H2,21,22,23);1H. The molecule has 1 saturated heterocycles. The molecule has 2 aromatic rings. The Bertz CT molecular complexity index is 807. The molecule has 2 heterocycles. The summed E-state index contributed by atoms with van der Waals surface area (Å²) in [5.41, 5.74) is 1.69. The van der Waals surface area contributed by atoms with Crippen molar-refractivity contribution in [1.29, 1.82) is 0 Å². The minimum absolute atomic E-state index is 0. The Labute approximate surface area is 182 Å². The zero-order chi connectivity index (χ0) is 19.2. The number of halogens is 1. The number of benzene rings is 1. The van der Waals surface area contributed by atoms with Crippen LogP contribution in [0, 0.1) is 6.92 Å². The molecule has 7 nitrogen and oxygen atoms in total. The molecular weight excluding hydrogens is 471 g/mol. The lowest BCUT2D eigenvalue weighted by molar-refractivity contribution is 0.0599. The number of esters is 1. The Hall–Kier alpha value is -2.23. The SMILES string of the molecule is CN=C(NCc1cc(C(=O)OC)c(C)o1)NC1CCN(c2ccccc2)C1.I. The normalized spacial score (nSPS) is 16.5. The molecule has 1 aromatic carbocycles. The lowest BCUT2D eigenvalue weighted by Gasteiger charge is -2.20. The van der Waals surface area contributed by atoms with Crippen LogP contribution in [0.3, 0.4) is 0 Å². The molecule has 1 fully saturated rings. The summed E-state index contributed by atoms with van der Waals surface area (Å²) in [4.78, 5) is 18.3. The van der Waals surface area contributed by atoms with Crippen molar-refractivity contribution < 1.29 is 13.9 Å². The number of carbonyl (C=O) groups is 1. The average molecular weight is 498 g/mol. The number of rotatable bonds is 5. The Morgan fingerprint density at radius 2 is 2.11 bits per heavy atom. The van der Waals surface area contributed by atoms with E-state index < -0.39 is 5.97 Å². The minimum atomic E-state index is -0.392. The monoisotopic (exact) mass is 498 g/mol. The van der Waals surface area contributed by atoms with E-state index in [1.165, 1.54) is 12.8 Å². The molecule has 152 valence electrons. The van der Waals surface area contributed by atoms with Gasteiger partial charge in [-0.2, -0.15) is 0 Å². The Morgan fingerprint density at radius 3 is 2.79 bits per heavy atom. The van der Waals surface area contributed by atoms with Crippen LogP contribution < -0.4 is 15.5 Å². The second kappa shape index (κ2) is 10.4. The summed E-state index contributed by atoms with van der Waals surface area (Å²) in [5.74, 6) is 1.53. The van der Waals surface area contributed by atoms with Crippen molar-refractivity contribution in [3.8, 4) is 0 Å². The van der Waals surface area contributed by atoms with Crippen molar-refractivity contribution in [1.82, 2.24) is 10.6 Å². The summed E-state index contributed by atoms with van der Waals surface area (Å²) in [7, 11) is 3.10. The van der Waals surface area contributed by atoms with E-state index in [-0.39, 0.29) is 24.0 Å². The number of para-hydroxylation sites is 1. The molecule has 0 amide bonds. The second-order valence-corrected chi connectivity index (χ2v) is 6.51. The van der Waals surface area contributed by atoms with Gasteiger partial charge in [-0.15, -0.1) is 24.0 Å². The molecule has 1 aromatic heterocycles. The molecule has 0 aliphatic carbocycles. The zero-order valence-corrected chi connectivity index (χ0v) is 18.7. The first kappa shape index (κ1) is 22.1. The number of ether oxygens (including phenoxy) is 1. The first-order chi connectivity index (χ1) is 13.1. The predicted octanol–water partition coefficient (Wildman–Crippen LogP) is 2.94. The van der Waals surface area contributed by atoms with Crippen LogP contribution in [0.2, 0.25) is 0 Å². The quantitative estimate of drug-likeness (QED) is 0.286. The van der Waals surface area contributed by atoms with E-state index in [1.807, 2.05) is 6.07 Å². The number of guanidine groups is 1. The molecule has 0 radical (unpaired) electrons. The molecule has 1 unspecified atom stereocenters. The van der Waals surface area contributed by atoms with Crippen molar-refractivity contribution >= 4 is 41.6 Å². The molecule has 1 atom stereocenters. The van der Waals surface area contributed by atoms with Gasteiger partial charge in [-0.25, -0.2) is 4.79 Å². The van der Waals surface area contributed by atoms with Crippen LogP contribution in [0.1, 0.15) is 28.3 Å². The smallest absolute Gasteiger partial charge is 0.341 e. The fraction of sp³-hybridized carbons (Fsp3) is 0.400. The van der Waals surface area contributed by atoms with Crippen molar-refractivity contribution in [3.63, 3.8) is 0 Å². The molecule has 8 heteroatoms. The van der Waals surface area contributed by atoms with Gasteiger partial charge < -0.3 is 24.7 Å². The van der Waals surface area contributed by atoms with E-state index in [1.54, 1.807) is 20.0 Å². The van der Waals surface area contributed by atoms with Gasteiger partial charge in [-0.1, -0.05) is 18.2 Å². The van der Waals surface area contributed by atoms with Crippen LogP contribution in [0.15, 0.2) is 45.8 Å². The molecule has 1 aliphatic heterocycles. The van der Waals surface area contributed by atoms with Crippen LogP contribution in [0.5, 0.6) is 0 Å². The Morgan fingerprint density at radius 1 is 1.36 bits per heavy atom. The van der Waals surface area contributed by atoms with Gasteiger partial charge in [0.15, 0.2) is 5.96 Å². The highest BCUT2D eigenvalue weighted by Gasteiger charge is 2.23. The van der Waals surface area contributed by atoms with Crippen molar-refractivity contribution in [2.45, 2.75) is 25.9 Å². The third kappa shape index (κ3) is 5.40. The van der Waals surface area contributed by atoms with Gasteiger partial charge in [0.05, 0.1) is 13.7 Å². The largest absolute Gasteiger partial charge is 0.465 e. The topological polar surface area (TPSA) is 79.1 Å². The van der Waals surface area contributed by atoms with E-state index in [0.29, 0.717) is 35.6 Å². The van der Waals surface area contributed by atoms with Crippen LogP contribution in [0.25, 0.3) is 0 Å². The average Bonchev–Trinajstić information content (AvgIpc) is 3.31. The van der Waals surface area contributed by atoms with Crippen molar-refractivity contribution in [3.05, 3.63) is 53.5 Å². The second-order valence-electron chi connectivity index (χ2n) is 6.51. The summed E-state index contributed by atoms with van der Waals surface area (Å²) in [5, 5.41) is 6.69. The maximum Gasteiger partial charge on any atom is 0.341 e. The number of hydrogen-bond acceptors (Lipinski definition) is 5. The number of hydrogen-bond donors (Lipinski definition) is 2. The number of aliphatic imine (C=N–C) groups is 1. The molecule has 0 saturated carbocycles. The van der Waals surface area contributed by atoms with E-state index in [9.17, 15) is 4.79 Å². The molecule has 3 rings (SSSR count). The summed E-state index contributed by atoms with van der Waals surface area (Å²) in [6.07, 6.45) is 1.04. The lowest BCUT2D eigenvalue weighted by atomic mass is 10.2. The van der Waals surface area contributed by atoms with Gasteiger partial charge in [-0.05, 0) is 31.5 Å². The van der Waals surface area contributed by atoms with E-state index in [0.717, 1.165) is 19.5 Å². The molecule has 0 bridgehead atoms. The van der Waals surface area contributed by atoms with E-state index >= 15 is 0 Å². The predicted molar refractivity (Wildman–Crippen MR) is 121 cm³/mol. The van der Waals surface area contributed by atoms with Gasteiger partial charge in [0.1, 0.15) is 17.1 Å². The lowest BCUT2D eigenvalue weighted by Crippen LogP contribution is -2.44. The number of aryl methyl sites for hydroxylation is 1. The first-order valence-corrected chi connectivity index (χ1v) is 9.05. The zero-order valence-electron chi connectivity index (χ0n) is 16.4.